The summed E-state index contributed by atoms with van der Waals surface area (Å²) in [6.45, 7) is 3.40. The summed E-state index contributed by atoms with van der Waals surface area (Å²) in [5.41, 5.74) is 0.967. The molecule has 1 fully saturated rings. The van der Waals surface area contributed by atoms with Gasteiger partial charge in [0, 0.05) is 52.2 Å². The van der Waals surface area contributed by atoms with Crippen LogP contribution in [0.3, 0.4) is 0 Å². The Hall–Kier alpha value is -3.40. The molecule has 168 valence electrons. The maximum atomic E-state index is 13.3. The lowest BCUT2D eigenvalue weighted by Crippen LogP contribution is -2.46. The summed E-state index contributed by atoms with van der Waals surface area (Å²) < 4.78 is 41.7. The molecule has 0 radical (unpaired) electrons. The summed E-state index contributed by atoms with van der Waals surface area (Å²) in [5.74, 6) is -0.556. The van der Waals surface area contributed by atoms with E-state index in [1.807, 2.05) is 24.2 Å². The average Bonchev–Trinajstić information content (AvgIpc) is 3.19. The van der Waals surface area contributed by atoms with Gasteiger partial charge in [0.2, 0.25) is 0 Å². The molecule has 0 spiro atoms. The molecule has 7 nitrogen and oxygen atoms in total. The van der Waals surface area contributed by atoms with E-state index in [0.717, 1.165) is 30.9 Å². The van der Waals surface area contributed by atoms with Crippen LogP contribution in [0.5, 0.6) is 0 Å². The van der Waals surface area contributed by atoms with Crippen LogP contribution in [0.4, 0.5) is 24.5 Å². The Morgan fingerprint density at radius 1 is 1.09 bits per heavy atom. The van der Waals surface area contributed by atoms with Crippen LogP contribution in [0.25, 0.3) is 0 Å². The summed E-state index contributed by atoms with van der Waals surface area (Å²) in [6, 6.07) is 10.2. The number of hydrogen-bond acceptors (Lipinski definition) is 5. The minimum Gasteiger partial charge on any atom is -0.367 e. The molecule has 0 saturated carbocycles. The van der Waals surface area contributed by atoms with Crippen molar-refractivity contribution in [3.05, 3.63) is 71.8 Å². The Labute approximate surface area is 183 Å². The van der Waals surface area contributed by atoms with Gasteiger partial charge >= 0.3 is 6.18 Å². The lowest BCUT2D eigenvalue weighted by atomic mass is 10.1. The standard InChI is InChI=1S/C22H23F3N6O/c1-29-9-7-17(28-29)15-30-10-12-31(13-11-30)20-6-5-16(22(23,24)25)14-19(20)27-21(32)18-4-2-3-8-26-18/h2-9,14H,10-13,15H2,1H3,(H,27,32). The smallest absolute Gasteiger partial charge is 0.367 e. The summed E-state index contributed by atoms with van der Waals surface area (Å²) >= 11 is 0. The summed E-state index contributed by atoms with van der Waals surface area (Å²) in [4.78, 5) is 20.8. The predicted molar refractivity (Wildman–Crippen MR) is 114 cm³/mol. The number of hydrogen-bond donors (Lipinski definition) is 1. The van der Waals surface area contributed by atoms with Crippen LogP contribution in [-0.2, 0) is 19.8 Å². The lowest BCUT2D eigenvalue weighted by molar-refractivity contribution is -0.137. The Balaban J connectivity index is 1.52. The van der Waals surface area contributed by atoms with Gasteiger partial charge in [-0.2, -0.15) is 18.3 Å². The second-order valence-corrected chi connectivity index (χ2v) is 7.64. The second-order valence-electron chi connectivity index (χ2n) is 7.64. The molecular weight excluding hydrogens is 421 g/mol. The number of halogens is 3. The van der Waals surface area contributed by atoms with Gasteiger partial charge in [-0.15, -0.1) is 0 Å². The van der Waals surface area contributed by atoms with Crippen LogP contribution in [0.15, 0.2) is 54.9 Å². The zero-order valence-electron chi connectivity index (χ0n) is 17.5. The Bertz CT molecular complexity index is 1070. The molecule has 1 amide bonds. The van der Waals surface area contributed by atoms with Gasteiger partial charge in [-0.1, -0.05) is 6.07 Å². The van der Waals surface area contributed by atoms with Crippen LogP contribution >= 0.6 is 0 Å². The molecule has 0 aliphatic carbocycles. The van der Waals surface area contributed by atoms with E-state index in [1.165, 1.54) is 18.3 Å². The van der Waals surface area contributed by atoms with Gasteiger partial charge in [0.1, 0.15) is 5.69 Å². The highest BCUT2D eigenvalue weighted by Gasteiger charge is 2.32. The maximum absolute atomic E-state index is 13.3. The van der Waals surface area contributed by atoms with Crippen LogP contribution < -0.4 is 10.2 Å². The molecular formula is C22H23F3N6O. The SMILES string of the molecule is Cn1ccc(CN2CCN(c3ccc(C(F)(F)F)cc3NC(=O)c3ccccn3)CC2)n1. The molecule has 0 unspecified atom stereocenters. The number of pyridine rings is 1. The maximum Gasteiger partial charge on any atom is 0.416 e. The molecule has 1 N–H and O–H groups in total. The number of benzene rings is 1. The number of carbonyl (C=O) groups is 1. The van der Waals surface area contributed by atoms with Gasteiger partial charge in [-0.25, -0.2) is 0 Å². The number of amides is 1. The average molecular weight is 444 g/mol. The molecule has 1 aliphatic rings. The van der Waals surface area contributed by atoms with Crippen molar-refractivity contribution in [2.45, 2.75) is 12.7 Å². The molecule has 2 aromatic heterocycles. The number of aromatic nitrogens is 3. The molecule has 0 atom stereocenters. The molecule has 1 aromatic carbocycles. The van der Waals surface area contributed by atoms with E-state index in [2.05, 4.69) is 20.3 Å². The third-order valence-electron chi connectivity index (χ3n) is 5.34. The van der Waals surface area contributed by atoms with E-state index in [0.29, 0.717) is 25.3 Å². The van der Waals surface area contributed by atoms with Crippen LogP contribution in [-0.4, -0.2) is 51.8 Å². The van der Waals surface area contributed by atoms with Gasteiger partial charge in [0.05, 0.1) is 22.6 Å². The minimum absolute atomic E-state index is 0.119. The summed E-state index contributed by atoms with van der Waals surface area (Å²) in [7, 11) is 1.87. The molecule has 1 saturated heterocycles. The van der Waals surface area contributed by atoms with E-state index in [1.54, 1.807) is 16.8 Å². The number of aryl methyl sites for hydroxylation is 1. The topological polar surface area (TPSA) is 66.3 Å². The highest BCUT2D eigenvalue weighted by atomic mass is 19.4. The quantitative estimate of drug-likeness (QED) is 0.654. The fourth-order valence-electron chi connectivity index (χ4n) is 3.70. The first kappa shape index (κ1) is 21.8. The molecule has 10 heteroatoms. The molecule has 3 heterocycles. The molecule has 1 aliphatic heterocycles. The highest BCUT2D eigenvalue weighted by Crippen LogP contribution is 2.36. The molecule has 4 rings (SSSR count). The normalized spacial score (nSPS) is 15.1. The van der Waals surface area contributed by atoms with E-state index < -0.39 is 17.6 Å². The fraction of sp³-hybridized carbons (Fsp3) is 0.318. The van der Waals surface area contributed by atoms with Crippen molar-refractivity contribution in [3.63, 3.8) is 0 Å². The van der Waals surface area contributed by atoms with E-state index in [9.17, 15) is 18.0 Å². The molecule has 0 bridgehead atoms. The van der Waals surface area contributed by atoms with Gasteiger partial charge in [0.15, 0.2) is 0 Å². The lowest BCUT2D eigenvalue weighted by Gasteiger charge is -2.36. The van der Waals surface area contributed by atoms with Crippen molar-refractivity contribution >= 4 is 17.3 Å². The zero-order valence-corrected chi connectivity index (χ0v) is 17.5. The van der Waals surface area contributed by atoms with Crippen molar-refractivity contribution in [3.8, 4) is 0 Å². The number of nitrogens with zero attached hydrogens (tertiary/aromatic N) is 5. The van der Waals surface area contributed by atoms with Crippen LogP contribution in [0, 0.1) is 0 Å². The van der Waals surface area contributed by atoms with Crippen LogP contribution in [0.1, 0.15) is 21.7 Å². The Morgan fingerprint density at radius 2 is 1.88 bits per heavy atom. The number of piperazine rings is 1. The van der Waals surface area contributed by atoms with Crippen molar-refractivity contribution in [1.29, 1.82) is 0 Å². The summed E-state index contributed by atoms with van der Waals surface area (Å²) in [6.07, 6.45) is -1.16. The first-order valence-corrected chi connectivity index (χ1v) is 10.2. The van der Waals surface area contributed by atoms with Gasteiger partial charge in [-0.3, -0.25) is 19.4 Å². The largest absolute Gasteiger partial charge is 0.416 e. The van der Waals surface area contributed by atoms with Gasteiger partial charge in [0.25, 0.3) is 5.91 Å². The van der Waals surface area contributed by atoms with Crippen molar-refractivity contribution < 1.29 is 18.0 Å². The monoisotopic (exact) mass is 444 g/mol. The first-order chi connectivity index (χ1) is 15.3. The van der Waals surface area contributed by atoms with Gasteiger partial charge in [-0.05, 0) is 36.4 Å². The highest BCUT2D eigenvalue weighted by molar-refractivity contribution is 6.04. The predicted octanol–water partition coefficient (Wildman–Crippen LogP) is 3.41. The number of nitrogens with one attached hydrogen (secondary N) is 1. The van der Waals surface area contributed by atoms with Gasteiger partial charge < -0.3 is 10.2 Å². The first-order valence-electron chi connectivity index (χ1n) is 10.2. The fourth-order valence-corrected chi connectivity index (χ4v) is 3.70. The minimum atomic E-state index is -4.51. The van der Waals surface area contributed by atoms with Crippen molar-refractivity contribution in [1.82, 2.24) is 19.7 Å². The molecule has 32 heavy (non-hydrogen) atoms. The number of anilines is 2. The van der Waals surface area contributed by atoms with E-state index in [4.69, 9.17) is 0 Å². The van der Waals surface area contributed by atoms with E-state index in [-0.39, 0.29) is 11.4 Å². The number of carbonyl (C=O) groups excluding carboxylic acids is 1. The van der Waals surface area contributed by atoms with Crippen molar-refractivity contribution in [2.75, 3.05) is 36.4 Å². The number of rotatable bonds is 5. The summed E-state index contributed by atoms with van der Waals surface area (Å²) in [5, 5.41) is 7.01. The second kappa shape index (κ2) is 8.99. The van der Waals surface area contributed by atoms with Crippen molar-refractivity contribution in [2.24, 2.45) is 7.05 Å². The Morgan fingerprint density at radius 3 is 2.50 bits per heavy atom. The van der Waals surface area contributed by atoms with Crippen LogP contribution in [0.2, 0.25) is 0 Å². The zero-order chi connectivity index (χ0) is 22.7. The number of alkyl halides is 3. The third kappa shape index (κ3) is 5.08. The Kier molecular flexibility index (Phi) is 6.13. The molecule has 3 aromatic rings. The van der Waals surface area contributed by atoms with E-state index >= 15 is 0 Å². The third-order valence-corrected chi connectivity index (χ3v) is 5.34.